The molecule has 0 spiro atoms. The topological polar surface area (TPSA) is 40.5 Å². The zero-order chi connectivity index (χ0) is 8.85. The lowest BCUT2D eigenvalue weighted by Gasteiger charge is -2.25. The van der Waals surface area contributed by atoms with Crippen LogP contribution < -0.4 is 0 Å². The van der Waals surface area contributed by atoms with E-state index in [1.165, 1.54) is 11.8 Å². The molecule has 0 heterocycles. The summed E-state index contributed by atoms with van der Waals surface area (Å²) >= 11 is 0. The van der Waals surface area contributed by atoms with Gasteiger partial charge in [-0.15, -0.1) is 0 Å². The third-order valence-electron chi connectivity index (χ3n) is 1.59. The molecule has 0 aromatic carbocycles. The van der Waals surface area contributed by atoms with E-state index in [1.54, 1.807) is 0 Å². The van der Waals surface area contributed by atoms with Crippen molar-refractivity contribution >= 4 is 5.91 Å². The van der Waals surface area contributed by atoms with Crippen LogP contribution in [0.25, 0.3) is 0 Å². The van der Waals surface area contributed by atoms with E-state index in [0.29, 0.717) is 13.0 Å². The second-order valence-electron chi connectivity index (χ2n) is 2.60. The fourth-order valence-corrected chi connectivity index (χ4v) is 0.978. The minimum Gasteiger partial charge on any atom is -0.374 e. The molecule has 0 saturated carbocycles. The zero-order valence-electron chi connectivity index (χ0n) is 7.50. The molecule has 0 aliphatic carbocycles. The molecule has 1 atom stereocenters. The van der Waals surface area contributed by atoms with Gasteiger partial charge in [0.25, 0.3) is 0 Å². The number of carbonyl (C=O) groups is 1. The molecule has 0 rings (SSSR count). The molecular formula is C8H17NO2. The molecule has 0 aliphatic heterocycles. The third-order valence-corrected chi connectivity index (χ3v) is 1.59. The lowest BCUT2D eigenvalue weighted by Crippen LogP contribution is -2.38. The highest BCUT2D eigenvalue weighted by molar-refractivity contribution is 5.73. The van der Waals surface area contributed by atoms with Crippen LogP contribution >= 0.6 is 0 Å². The molecule has 1 N–H and O–H groups in total. The van der Waals surface area contributed by atoms with Crippen molar-refractivity contribution < 1.29 is 9.90 Å². The van der Waals surface area contributed by atoms with E-state index in [4.69, 9.17) is 0 Å². The molecule has 3 nitrogen and oxygen atoms in total. The van der Waals surface area contributed by atoms with Gasteiger partial charge in [-0.25, -0.2) is 0 Å². The van der Waals surface area contributed by atoms with Gasteiger partial charge in [-0.1, -0.05) is 13.8 Å². The van der Waals surface area contributed by atoms with Gasteiger partial charge in [-0.2, -0.15) is 0 Å². The van der Waals surface area contributed by atoms with Crippen LogP contribution in [-0.4, -0.2) is 28.7 Å². The fourth-order valence-electron chi connectivity index (χ4n) is 0.978. The normalized spacial score (nSPS) is 12.7. The minimum atomic E-state index is -0.604. The fraction of sp³-hybridized carbons (Fsp3) is 0.875. The molecule has 0 aromatic rings. The smallest absolute Gasteiger partial charge is 0.221 e. The Hall–Kier alpha value is -0.570. The summed E-state index contributed by atoms with van der Waals surface area (Å²) in [7, 11) is 0. The highest BCUT2D eigenvalue weighted by Gasteiger charge is 2.14. The molecule has 66 valence electrons. The number of amides is 1. The van der Waals surface area contributed by atoms with Gasteiger partial charge in [0.05, 0.1) is 0 Å². The summed E-state index contributed by atoms with van der Waals surface area (Å²) < 4.78 is 0. The van der Waals surface area contributed by atoms with Gasteiger partial charge in [0.15, 0.2) is 0 Å². The van der Waals surface area contributed by atoms with Crippen molar-refractivity contribution in [2.75, 3.05) is 6.54 Å². The van der Waals surface area contributed by atoms with Gasteiger partial charge in [0.2, 0.25) is 5.91 Å². The number of nitrogens with zero attached hydrogens (tertiary/aromatic N) is 1. The highest BCUT2D eigenvalue weighted by atomic mass is 16.3. The number of hydrogen-bond acceptors (Lipinski definition) is 2. The number of aliphatic hydroxyl groups excluding tert-OH is 1. The molecule has 0 saturated heterocycles. The summed E-state index contributed by atoms with van der Waals surface area (Å²) in [4.78, 5) is 12.4. The molecule has 0 radical (unpaired) electrons. The lowest BCUT2D eigenvalue weighted by molar-refractivity contribution is -0.139. The molecule has 3 heteroatoms. The van der Waals surface area contributed by atoms with Gasteiger partial charge < -0.3 is 10.0 Å². The summed E-state index contributed by atoms with van der Waals surface area (Å²) in [5, 5.41) is 9.32. The Morgan fingerprint density at radius 2 is 2.09 bits per heavy atom. The number of rotatable bonds is 4. The van der Waals surface area contributed by atoms with Crippen molar-refractivity contribution in [1.82, 2.24) is 4.90 Å². The summed E-state index contributed by atoms with van der Waals surface area (Å²) in [5.74, 6) is -0.0544. The van der Waals surface area contributed by atoms with E-state index in [1.807, 2.05) is 13.8 Å². The predicted octanol–water partition coefficient (Wildman–Crippen LogP) is 0.973. The van der Waals surface area contributed by atoms with Crippen molar-refractivity contribution in [3.05, 3.63) is 0 Å². The first-order valence-electron chi connectivity index (χ1n) is 4.08. The SMILES string of the molecule is CCCN(C(C)=O)C(O)CC. The van der Waals surface area contributed by atoms with E-state index in [2.05, 4.69) is 0 Å². The lowest BCUT2D eigenvalue weighted by atomic mass is 10.3. The van der Waals surface area contributed by atoms with Crippen LogP contribution in [0.1, 0.15) is 33.6 Å². The average molecular weight is 159 g/mol. The van der Waals surface area contributed by atoms with Gasteiger partial charge in [0.1, 0.15) is 6.23 Å². The van der Waals surface area contributed by atoms with Gasteiger partial charge in [0, 0.05) is 13.5 Å². The molecule has 1 unspecified atom stereocenters. The average Bonchev–Trinajstić information content (AvgIpc) is 1.98. The first-order chi connectivity index (χ1) is 5.13. The van der Waals surface area contributed by atoms with Gasteiger partial charge >= 0.3 is 0 Å². The summed E-state index contributed by atoms with van der Waals surface area (Å²) in [6.45, 7) is 5.97. The van der Waals surface area contributed by atoms with Crippen LogP contribution in [0.2, 0.25) is 0 Å². The maximum absolute atomic E-state index is 10.9. The maximum atomic E-state index is 10.9. The summed E-state index contributed by atoms with van der Waals surface area (Å²) in [6, 6.07) is 0. The number of aliphatic hydroxyl groups is 1. The van der Waals surface area contributed by atoms with Crippen LogP contribution in [-0.2, 0) is 4.79 Å². The van der Waals surface area contributed by atoms with Crippen LogP contribution in [0.4, 0.5) is 0 Å². The van der Waals surface area contributed by atoms with E-state index < -0.39 is 6.23 Å². The molecular weight excluding hydrogens is 142 g/mol. The van der Waals surface area contributed by atoms with Crippen LogP contribution in [0.5, 0.6) is 0 Å². The first-order valence-corrected chi connectivity index (χ1v) is 4.08. The Bertz CT molecular complexity index is 125. The van der Waals surface area contributed by atoms with Crippen LogP contribution in [0.15, 0.2) is 0 Å². The van der Waals surface area contributed by atoms with Crippen molar-refractivity contribution in [3.63, 3.8) is 0 Å². The second-order valence-corrected chi connectivity index (χ2v) is 2.60. The van der Waals surface area contributed by atoms with E-state index in [-0.39, 0.29) is 5.91 Å². The Kier molecular flexibility index (Phi) is 4.86. The van der Waals surface area contributed by atoms with Crippen LogP contribution in [0, 0.1) is 0 Å². The van der Waals surface area contributed by atoms with Gasteiger partial charge in [-0.3, -0.25) is 4.79 Å². The largest absolute Gasteiger partial charge is 0.374 e. The molecule has 11 heavy (non-hydrogen) atoms. The molecule has 0 aliphatic rings. The predicted molar refractivity (Wildman–Crippen MR) is 44.0 cm³/mol. The van der Waals surface area contributed by atoms with Crippen molar-refractivity contribution in [2.45, 2.75) is 39.8 Å². The summed E-state index contributed by atoms with van der Waals surface area (Å²) in [6.07, 6.45) is 0.878. The molecule has 0 fully saturated rings. The standard InChI is InChI=1S/C8H17NO2/c1-4-6-9(7(3)10)8(11)5-2/h8,11H,4-6H2,1-3H3. The third kappa shape index (κ3) is 3.37. The Morgan fingerprint density at radius 3 is 2.36 bits per heavy atom. The first kappa shape index (κ1) is 10.4. The van der Waals surface area contributed by atoms with Crippen molar-refractivity contribution in [3.8, 4) is 0 Å². The summed E-state index contributed by atoms with van der Waals surface area (Å²) in [5.41, 5.74) is 0. The van der Waals surface area contributed by atoms with E-state index >= 15 is 0 Å². The Balaban J connectivity index is 3.97. The van der Waals surface area contributed by atoms with Crippen LogP contribution in [0.3, 0.4) is 0 Å². The highest BCUT2D eigenvalue weighted by Crippen LogP contribution is 2.01. The second kappa shape index (κ2) is 5.13. The maximum Gasteiger partial charge on any atom is 0.221 e. The quantitative estimate of drug-likeness (QED) is 0.621. The minimum absolute atomic E-state index is 0.0544. The van der Waals surface area contributed by atoms with Gasteiger partial charge in [-0.05, 0) is 12.8 Å². The Morgan fingerprint density at radius 1 is 1.55 bits per heavy atom. The molecule has 0 aromatic heterocycles. The monoisotopic (exact) mass is 159 g/mol. The number of hydrogen-bond donors (Lipinski definition) is 1. The molecule has 1 amide bonds. The number of carbonyl (C=O) groups excluding carboxylic acids is 1. The van der Waals surface area contributed by atoms with Crippen molar-refractivity contribution in [1.29, 1.82) is 0 Å². The van der Waals surface area contributed by atoms with E-state index in [9.17, 15) is 9.90 Å². The zero-order valence-corrected chi connectivity index (χ0v) is 7.50. The molecule has 0 bridgehead atoms. The van der Waals surface area contributed by atoms with E-state index in [0.717, 1.165) is 6.42 Å². The Labute approximate surface area is 68.0 Å². The van der Waals surface area contributed by atoms with Crippen molar-refractivity contribution in [2.24, 2.45) is 0 Å².